The van der Waals surface area contributed by atoms with E-state index in [1.165, 1.54) is 111 Å². The van der Waals surface area contributed by atoms with E-state index in [9.17, 15) is 0 Å². The van der Waals surface area contributed by atoms with E-state index in [1.54, 1.807) is 0 Å². The molecule has 0 aliphatic carbocycles. The van der Waals surface area contributed by atoms with Crippen molar-refractivity contribution in [2.75, 3.05) is 79.0 Å². The summed E-state index contributed by atoms with van der Waals surface area (Å²) < 4.78 is 0. The van der Waals surface area contributed by atoms with Crippen molar-refractivity contribution in [1.29, 1.82) is 0 Å². The Kier molecular flexibility index (Phi) is 5.43. The van der Waals surface area contributed by atoms with Gasteiger partial charge in [-0.3, -0.25) is 0 Å². The highest BCUT2D eigenvalue weighted by Crippen LogP contribution is 2.41. The fourth-order valence-corrected chi connectivity index (χ4v) is 5.94. The summed E-state index contributed by atoms with van der Waals surface area (Å²) in [6.45, 7) is 17.1. The highest BCUT2D eigenvalue weighted by molar-refractivity contribution is 4.98. The fourth-order valence-electron chi connectivity index (χ4n) is 5.94. The Morgan fingerprint density at radius 3 is 1.76 bits per heavy atom. The van der Waals surface area contributed by atoms with E-state index in [2.05, 4.69) is 33.6 Å². The van der Waals surface area contributed by atoms with Gasteiger partial charge in [0, 0.05) is 19.6 Å². The number of likely N-dealkylation sites (tertiary alicyclic amines) is 4. The minimum Gasteiger partial charge on any atom is -0.306 e. The summed E-state index contributed by atoms with van der Waals surface area (Å²) in [5.41, 5.74) is 1.39. The molecule has 0 atom stereocenters. The molecule has 4 rings (SSSR count). The minimum absolute atomic E-state index is 0.685. The van der Waals surface area contributed by atoms with Crippen molar-refractivity contribution in [3.8, 4) is 0 Å². The molecular formula is C21H40N4. The molecule has 4 heterocycles. The standard InChI is InChI=1S/C21H40N4/c1-3-23-14-7-20(17-23)8-15-24(16-9-20)10-4-11-25-18-21(19-25)5-12-22(2)13-6-21/h3-19H2,1-2H3. The lowest BCUT2D eigenvalue weighted by Crippen LogP contribution is -2.60. The Hall–Kier alpha value is -0.160. The lowest BCUT2D eigenvalue weighted by atomic mass is 9.72. The van der Waals surface area contributed by atoms with Gasteiger partial charge in [-0.25, -0.2) is 0 Å². The molecule has 144 valence electrons. The molecule has 4 saturated heterocycles. The number of nitrogens with zero attached hydrogens (tertiary/aromatic N) is 4. The fraction of sp³-hybridized carbons (Fsp3) is 1.00. The van der Waals surface area contributed by atoms with Crippen molar-refractivity contribution < 1.29 is 0 Å². The summed E-state index contributed by atoms with van der Waals surface area (Å²) in [5, 5.41) is 0. The van der Waals surface area contributed by atoms with E-state index in [4.69, 9.17) is 0 Å². The Morgan fingerprint density at radius 1 is 0.640 bits per heavy atom. The third-order valence-electron chi connectivity index (χ3n) is 8.00. The molecule has 4 aliphatic heterocycles. The van der Waals surface area contributed by atoms with Crippen LogP contribution in [0.5, 0.6) is 0 Å². The summed E-state index contributed by atoms with van der Waals surface area (Å²) in [7, 11) is 2.28. The van der Waals surface area contributed by atoms with Crippen LogP contribution in [-0.4, -0.2) is 98.6 Å². The Bertz CT molecular complexity index is 427. The van der Waals surface area contributed by atoms with E-state index in [-0.39, 0.29) is 0 Å². The van der Waals surface area contributed by atoms with E-state index >= 15 is 0 Å². The summed E-state index contributed by atoms with van der Waals surface area (Å²) in [6.07, 6.45) is 8.60. The van der Waals surface area contributed by atoms with Crippen LogP contribution < -0.4 is 0 Å². The quantitative estimate of drug-likeness (QED) is 0.755. The summed E-state index contributed by atoms with van der Waals surface area (Å²) in [6, 6.07) is 0. The third-order valence-corrected chi connectivity index (χ3v) is 8.00. The maximum Gasteiger partial charge on any atom is 0.00514 e. The molecule has 0 aromatic heterocycles. The SMILES string of the molecule is CCN1CCC2(CCN(CCCN3CC4(CCN(C)CC4)C3)CC2)C1. The monoisotopic (exact) mass is 348 g/mol. The Labute approximate surface area is 155 Å². The maximum absolute atomic E-state index is 2.75. The molecule has 0 saturated carbocycles. The normalized spacial score (nSPS) is 31.0. The van der Waals surface area contributed by atoms with Crippen LogP contribution in [0.1, 0.15) is 45.4 Å². The van der Waals surface area contributed by atoms with Crippen molar-refractivity contribution in [3.63, 3.8) is 0 Å². The van der Waals surface area contributed by atoms with Crippen LogP contribution in [0.4, 0.5) is 0 Å². The van der Waals surface area contributed by atoms with Gasteiger partial charge in [-0.05, 0) is 109 Å². The summed E-state index contributed by atoms with van der Waals surface area (Å²) in [5.74, 6) is 0. The first-order chi connectivity index (χ1) is 12.1. The van der Waals surface area contributed by atoms with E-state index < -0.39 is 0 Å². The zero-order valence-corrected chi connectivity index (χ0v) is 16.8. The first kappa shape index (κ1) is 18.2. The molecule has 0 bridgehead atoms. The number of hydrogen-bond acceptors (Lipinski definition) is 4. The molecule has 0 amide bonds. The van der Waals surface area contributed by atoms with Gasteiger partial charge < -0.3 is 19.6 Å². The number of piperidine rings is 2. The first-order valence-electron chi connectivity index (χ1n) is 11.0. The summed E-state index contributed by atoms with van der Waals surface area (Å²) in [4.78, 5) is 10.7. The number of rotatable bonds is 5. The van der Waals surface area contributed by atoms with E-state index in [0.29, 0.717) is 10.8 Å². The van der Waals surface area contributed by atoms with Gasteiger partial charge >= 0.3 is 0 Å². The van der Waals surface area contributed by atoms with Crippen LogP contribution in [0.2, 0.25) is 0 Å². The Balaban J connectivity index is 1.10. The van der Waals surface area contributed by atoms with Crippen molar-refractivity contribution >= 4 is 0 Å². The molecule has 2 spiro atoms. The van der Waals surface area contributed by atoms with Gasteiger partial charge in [0.15, 0.2) is 0 Å². The molecule has 0 N–H and O–H groups in total. The molecular weight excluding hydrogens is 308 g/mol. The van der Waals surface area contributed by atoms with Crippen molar-refractivity contribution in [2.24, 2.45) is 10.8 Å². The van der Waals surface area contributed by atoms with Crippen LogP contribution in [0.25, 0.3) is 0 Å². The van der Waals surface area contributed by atoms with Gasteiger partial charge in [-0.2, -0.15) is 0 Å². The van der Waals surface area contributed by atoms with Crippen LogP contribution in [-0.2, 0) is 0 Å². The van der Waals surface area contributed by atoms with Gasteiger partial charge in [0.25, 0.3) is 0 Å². The van der Waals surface area contributed by atoms with Crippen molar-refractivity contribution in [3.05, 3.63) is 0 Å². The molecule has 25 heavy (non-hydrogen) atoms. The second-order valence-electron chi connectivity index (χ2n) is 9.83. The highest BCUT2D eigenvalue weighted by Gasteiger charge is 2.44. The molecule has 0 aromatic rings. The van der Waals surface area contributed by atoms with Gasteiger partial charge in [-0.15, -0.1) is 0 Å². The predicted octanol–water partition coefficient (Wildman–Crippen LogP) is 2.21. The van der Waals surface area contributed by atoms with Crippen LogP contribution >= 0.6 is 0 Å². The molecule has 4 aliphatic rings. The molecule has 0 aromatic carbocycles. The molecule has 0 radical (unpaired) electrons. The predicted molar refractivity (Wildman–Crippen MR) is 105 cm³/mol. The second kappa shape index (κ2) is 7.46. The summed E-state index contributed by atoms with van der Waals surface area (Å²) >= 11 is 0. The third kappa shape index (κ3) is 4.07. The lowest BCUT2D eigenvalue weighted by molar-refractivity contribution is -0.0438. The van der Waals surface area contributed by atoms with Crippen LogP contribution in [0.15, 0.2) is 0 Å². The largest absolute Gasteiger partial charge is 0.306 e. The van der Waals surface area contributed by atoms with Crippen LogP contribution in [0.3, 0.4) is 0 Å². The Morgan fingerprint density at radius 2 is 1.16 bits per heavy atom. The molecule has 4 nitrogen and oxygen atoms in total. The topological polar surface area (TPSA) is 13.0 Å². The first-order valence-corrected chi connectivity index (χ1v) is 11.0. The highest BCUT2D eigenvalue weighted by atomic mass is 15.2. The van der Waals surface area contributed by atoms with E-state index in [0.717, 1.165) is 0 Å². The zero-order chi connectivity index (χ0) is 17.3. The van der Waals surface area contributed by atoms with Crippen LogP contribution in [0, 0.1) is 10.8 Å². The average molecular weight is 349 g/mol. The van der Waals surface area contributed by atoms with Gasteiger partial charge in [0.2, 0.25) is 0 Å². The molecule has 4 fully saturated rings. The van der Waals surface area contributed by atoms with Gasteiger partial charge in [0.05, 0.1) is 0 Å². The van der Waals surface area contributed by atoms with Gasteiger partial charge in [0.1, 0.15) is 0 Å². The van der Waals surface area contributed by atoms with Crippen molar-refractivity contribution in [1.82, 2.24) is 19.6 Å². The maximum atomic E-state index is 2.75. The molecule has 4 heteroatoms. The lowest BCUT2D eigenvalue weighted by Gasteiger charge is -2.54. The minimum atomic E-state index is 0.685. The second-order valence-corrected chi connectivity index (χ2v) is 9.83. The zero-order valence-electron chi connectivity index (χ0n) is 16.8. The smallest absolute Gasteiger partial charge is 0.00514 e. The van der Waals surface area contributed by atoms with E-state index in [1.807, 2.05) is 0 Å². The average Bonchev–Trinajstić information content (AvgIpc) is 3.00. The van der Waals surface area contributed by atoms with Crippen molar-refractivity contribution in [2.45, 2.75) is 45.4 Å². The van der Waals surface area contributed by atoms with Gasteiger partial charge in [-0.1, -0.05) is 6.92 Å². The number of hydrogen-bond donors (Lipinski definition) is 0. The molecule has 0 unspecified atom stereocenters.